The number of fused-ring (bicyclic) bond motifs is 3. The number of halogens is 1. The van der Waals surface area contributed by atoms with Gasteiger partial charge in [-0.2, -0.15) is 0 Å². The Morgan fingerprint density at radius 2 is 2.29 bits per heavy atom. The van der Waals surface area contributed by atoms with Gasteiger partial charge in [-0.25, -0.2) is 0 Å². The Balaban J connectivity index is 2.37. The molecule has 0 bridgehead atoms. The summed E-state index contributed by atoms with van der Waals surface area (Å²) in [5.74, 6) is 0.921. The van der Waals surface area contributed by atoms with Crippen LogP contribution in [0.3, 0.4) is 0 Å². The molecule has 70 valence electrons. The van der Waals surface area contributed by atoms with Gasteiger partial charge in [0.25, 0.3) is 0 Å². The molecule has 2 nitrogen and oxygen atoms in total. The number of benzene rings is 1. The first-order chi connectivity index (χ1) is 6.84. The molecule has 0 amide bonds. The van der Waals surface area contributed by atoms with Crippen LogP contribution in [0.25, 0.3) is 11.0 Å². The molecule has 0 saturated heterocycles. The standard InChI is InChI=1S/C11H8BrNO/c12-7-1-2-8-9-3-4-13-6-11(9)14-10(8)5-7/h1-2,5-6H,3-4H2. The van der Waals surface area contributed by atoms with Crippen LogP contribution in [-0.2, 0) is 6.42 Å². The minimum atomic E-state index is 0.873. The van der Waals surface area contributed by atoms with Crippen LogP contribution in [0.15, 0.2) is 32.1 Å². The molecule has 0 atom stereocenters. The van der Waals surface area contributed by atoms with Gasteiger partial charge in [-0.1, -0.05) is 15.9 Å². The van der Waals surface area contributed by atoms with Crippen LogP contribution in [0.1, 0.15) is 11.3 Å². The van der Waals surface area contributed by atoms with E-state index in [9.17, 15) is 0 Å². The van der Waals surface area contributed by atoms with Gasteiger partial charge in [0.05, 0.1) is 6.21 Å². The Hall–Kier alpha value is -1.09. The molecule has 0 radical (unpaired) electrons. The number of hydrogen-bond acceptors (Lipinski definition) is 2. The van der Waals surface area contributed by atoms with Gasteiger partial charge in [0.2, 0.25) is 0 Å². The molecular weight excluding hydrogens is 242 g/mol. The number of rotatable bonds is 0. The van der Waals surface area contributed by atoms with E-state index in [1.807, 2.05) is 18.3 Å². The van der Waals surface area contributed by atoms with E-state index >= 15 is 0 Å². The maximum Gasteiger partial charge on any atom is 0.149 e. The lowest BCUT2D eigenvalue weighted by Crippen LogP contribution is -1.99. The molecule has 0 fully saturated rings. The van der Waals surface area contributed by atoms with Crippen molar-refractivity contribution in [2.45, 2.75) is 6.42 Å². The monoisotopic (exact) mass is 249 g/mol. The van der Waals surface area contributed by atoms with Gasteiger partial charge in [0.1, 0.15) is 11.3 Å². The van der Waals surface area contributed by atoms with Crippen molar-refractivity contribution in [3.05, 3.63) is 34.0 Å². The van der Waals surface area contributed by atoms with Crippen molar-refractivity contribution in [1.82, 2.24) is 0 Å². The van der Waals surface area contributed by atoms with Gasteiger partial charge in [-0.3, -0.25) is 4.99 Å². The summed E-state index contributed by atoms with van der Waals surface area (Å²) >= 11 is 3.43. The molecule has 0 aliphatic carbocycles. The molecule has 14 heavy (non-hydrogen) atoms. The van der Waals surface area contributed by atoms with Crippen LogP contribution in [0.5, 0.6) is 0 Å². The molecular formula is C11H8BrNO. The summed E-state index contributed by atoms with van der Waals surface area (Å²) in [7, 11) is 0. The number of aliphatic imine (C=N–C) groups is 1. The zero-order chi connectivity index (χ0) is 9.54. The van der Waals surface area contributed by atoms with Crippen LogP contribution in [0.2, 0.25) is 0 Å². The average Bonchev–Trinajstić information content (AvgIpc) is 2.54. The lowest BCUT2D eigenvalue weighted by Gasteiger charge is -2.01. The van der Waals surface area contributed by atoms with E-state index in [0.29, 0.717) is 0 Å². The molecule has 3 rings (SSSR count). The second-order valence-electron chi connectivity index (χ2n) is 3.37. The SMILES string of the molecule is Brc1ccc2c3c(oc2c1)C=NCC3. The zero-order valence-corrected chi connectivity index (χ0v) is 9.04. The van der Waals surface area contributed by atoms with E-state index < -0.39 is 0 Å². The predicted octanol–water partition coefficient (Wildman–Crippen LogP) is 3.17. The van der Waals surface area contributed by atoms with Gasteiger partial charge in [-0.15, -0.1) is 0 Å². The lowest BCUT2D eigenvalue weighted by molar-refractivity contribution is 0.598. The van der Waals surface area contributed by atoms with E-state index in [4.69, 9.17) is 4.42 Å². The van der Waals surface area contributed by atoms with Crippen LogP contribution in [0, 0.1) is 0 Å². The predicted molar refractivity (Wildman–Crippen MR) is 60.1 cm³/mol. The second kappa shape index (κ2) is 2.95. The number of furan rings is 1. The number of hydrogen-bond donors (Lipinski definition) is 0. The molecule has 2 heterocycles. The van der Waals surface area contributed by atoms with E-state index in [1.165, 1.54) is 10.9 Å². The molecule has 1 aliphatic rings. The van der Waals surface area contributed by atoms with Crippen molar-refractivity contribution in [3.8, 4) is 0 Å². The van der Waals surface area contributed by atoms with E-state index in [0.717, 1.165) is 28.8 Å². The first kappa shape index (κ1) is 8.24. The van der Waals surface area contributed by atoms with Crippen molar-refractivity contribution in [2.24, 2.45) is 4.99 Å². The molecule has 1 aromatic heterocycles. The third-order valence-corrected chi connectivity index (χ3v) is 2.98. The van der Waals surface area contributed by atoms with Crippen molar-refractivity contribution < 1.29 is 4.42 Å². The van der Waals surface area contributed by atoms with Gasteiger partial charge >= 0.3 is 0 Å². The third-order valence-electron chi connectivity index (χ3n) is 2.49. The first-order valence-electron chi connectivity index (χ1n) is 4.55. The highest BCUT2D eigenvalue weighted by atomic mass is 79.9. The van der Waals surface area contributed by atoms with E-state index in [2.05, 4.69) is 27.0 Å². The largest absolute Gasteiger partial charge is 0.455 e. The van der Waals surface area contributed by atoms with Crippen LogP contribution >= 0.6 is 15.9 Å². The van der Waals surface area contributed by atoms with E-state index in [1.54, 1.807) is 0 Å². The van der Waals surface area contributed by atoms with Crippen LogP contribution < -0.4 is 0 Å². The van der Waals surface area contributed by atoms with Crippen molar-refractivity contribution in [2.75, 3.05) is 6.54 Å². The maximum absolute atomic E-state index is 5.69. The van der Waals surface area contributed by atoms with Crippen LogP contribution in [-0.4, -0.2) is 12.8 Å². The van der Waals surface area contributed by atoms with Crippen molar-refractivity contribution in [1.29, 1.82) is 0 Å². The Labute approximate surface area is 89.8 Å². The normalized spacial score (nSPS) is 14.6. The quantitative estimate of drug-likeness (QED) is 0.705. The molecule has 0 unspecified atom stereocenters. The summed E-state index contributed by atoms with van der Waals surface area (Å²) in [6.07, 6.45) is 2.81. The summed E-state index contributed by atoms with van der Waals surface area (Å²) in [6, 6.07) is 6.15. The van der Waals surface area contributed by atoms with Gasteiger partial charge < -0.3 is 4.42 Å². The van der Waals surface area contributed by atoms with Gasteiger partial charge in [0.15, 0.2) is 0 Å². The summed E-state index contributed by atoms with van der Waals surface area (Å²) < 4.78 is 6.74. The Kier molecular flexibility index (Phi) is 1.74. The average molecular weight is 250 g/mol. The molecule has 0 saturated carbocycles. The Morgan fingerprint density at radius 1 is 1.36 bits per heavy atom. The fourth-order valence-electron chi connectivity index (χ4n) is 1.83. The maximum atomic E-state index is 5.69. The summed E-state index contributed by atoms with van der Waals surface area (Å²) in [5, 5.41) is 1.22. The highest BCUT2D eigenvalue weighted by Gasteiger charge is 2.14. The molecule has 0 spiro atoms. The minimum Gasteiger partial charge on any atom is -0.455 e. The minimum absolute atomic E-state index is 0.873. The Bertz CT molecular complexity index is 527. The summed E-state index contributed by atoms with van der Waals surface area (Å²) in [6.45, 7) is 0.873. The number of nitrogens with zero attached hydrogens (tertiary/aromatic N) is 1. The molecule has 3 heteroatoms. The molecule has 1 aromatic carbocycles. The molecule has 1 aliphatic heterocycles. The van der Waals surface area contributed by atoms with Gasteiger partial charge in [-0.05, 0) is 24.6 Å². The lowest BCUT2D eigenvalue weighted by atomic mass is 10.1. The topological polar surface area (TPSA) is 25.5 Å². The van der Waals surface area contributed by atoms with Crippen LogP contribution in [0.4, 0.5) is 0 Å². The fourth-order valence-corrected chi connectivity index (χ4v) is 2.17. The summed E-state index contributed by atoms with van der Waals surface area (Å²) in [4.78, 5) is 4.21. The molecule has 0 N–H and O–H groups in total. The first-order valence-corrected chi connectivity index (χ1v) is 5.34. The van der Waals surface area contributed by atoms with Crippen molar-refractivity contribution >= 4 is 33.1 Å². The smallest absolute Gasteiger partial charge is 0.149 e. The van der Waals surface area contributed by atoms with E-state index in [-0.39, 0.29) is 0 Å². The summed E-state index contributed by atoms with van der Waals surface area (Å²) in [5.41, 5.74) is 2.24. The molecule has 2 aromatic rings. The highest BCUT2D eigenvalue weighted by Crippen LogP contribution is 2.29. The van der Waals surface area contributed by atoms with Crippen molar-refractivity contribution in [3.63, 3.8) is 0 Å². The third kappa shape index (κ3) is 1.12. The highest BCUT2D eigenvalue weighted by molar-refractivity contribution is 9.10. The zero-order valence-electron chi connectivity index (χ0n) is 7.46. The Morgan fingerprint density at radius 3 is 3.21 bits per heavy atom. The second-order valence-corrected chi connectivity index (χ2v) is 4.29. The van der Waals surface area contributed by atoms with Gasteiger partial charge in [0, 0.05) is 22.0 Å². The fraction of sp³-hybridized carbons (Fsp3) is 0.182.